The Kier molecular flexibility index (Phi) is 3.53. The Labute approximate surface area is 42.7 Å². The molecule has 0 aromatic heterocycles. The number of hydrazine groups is 3. The van der Waals surface area contributed by atoms with Gasteiger partial charge in [0.05, 0.1) is 0 Å². The fourth-order valence-corrected chi connectivity index (χ4v) is 0.192. The summed E-state index contributed by atoms with van der Waals surface area (Å²) in [6.07, 6.45) is 1.64. The molecular formula is C3H10N4. The van der Waals surface area contributed by atoms with Gasteiger partial charge >= 0.3 is 0 Å². The number of nitrogens with two attached hydrogens (primary N) is 2. The molecule has 4 nitrogen and oxygen atoms in total. The molecule has 0 saturated carbocycles. The van der Waals surface area contributed by atoms with Crippen molar-refractivity contribution in [1.82, 2.24) is 10.7 Å². The lowest BCUT2D eigenvalue weighted by Gasteiger charge is -2.09. The van der Waals surface area contributed by atoms with E-state index in [4.69, 9.17) is 11.7 Å². The van der Waals surface area contributed by atoms with Crippen molar-refractivity contribution in [3.05, 3.63) is 12.7 Å². The third-order valence-corrected chi connectivity index (χ3v) is 0.492. The van der Waals surface area contributed by atoms with E-state index in [0.29, 0.717) is 6.54 Å². The molecule has 0 aromatic rings. The zero-order chi connectivity index (χ0) is 5.70. The Hall–Kier alpha value is -0.420. The maximum atomic E-state index is 5.11. The van der Waals surface area contributed by atoms with Crippen molar-refractivity contribution in [2.75, 3.05) is 6.54 Å². The minimum absolute atomic E-state index is 0.538. The van der Waals surface area contributed by atoms with Gasteiger partial charge in [0.2, 0.25) is 0 Å². The molecule has 0 heterocycles. The normalized spacial score (nSPS) is 9.57. The van der Waals surface area contributed by atoms with E-state index in [2.05, 4.69) is 12.1 Å². The molecule has 0 fully saturated rings. The second kappa shape index (κ2) is 3.76. The lowest BCUT2D eigenvalue weighted by Crippen LogP contribution is -2.47. The van der Waals surface area contributed by atoms with Gasteiger partial charge in [0.15, 0.2) is 0 Å². The van der Waals surface area contributed by atoms with Crippen LogP contribution in [0.3, 0.4) is 0 Å². The Morgan fingerprint density at radius 2 is 2.43 bits per heavy atom. The number of hydrogen-bond acceptors (Lipinski definition) is 4. The molecule has 0 aliphatic heterocycles. The van der Waals surface area contributed by atoms with Gasteiger partial charge in [-0.05, 0) is 0 Å². The molecule has 0 bridgehead atoms. The van der Waals surface area contributed by atoms with Crippen molar-refractivity contribution in [2.45, 2.75) is 0 Å². The molecular weight excluding hydrogens is 92.1 g/mol. The van der Waals surface area contributed by atoms with Crippen molar-refractivity contribution >= 4 is 0 Å². The molecule has 7 heavy (non-hydrogen) atoms. The summed E-state index contributed by atoms with van der Waals surface area (Å²) < 4.78 is 0. The third kappa shape index (κ3) is 3.41. The van der Waals surface area contributed by atoms with E-state index < -0.39 is 0 Å². The Balaban J connectivity index is 2.98. The van der Waals surface area contributed by atoms with E-state index in [0.717, 1.165) is 0 Å². The lowest BCUT2D eigenvalue weighted by atomic mass is 10.6. The maximum Gasteiger partial charge on any atom is 0.0477 e. The van der Waals surface area contributed by atoms with Crippen LogP contribution in [-0.4, -0.2) is 11.7 Å². The van der Waals surface area contributed by atoms with Crippen LogP contribution in [0.15, 0.2) is 12.7 Å². The summed E-state index contributed by atoms with van der Waals surface area (Å²) in [5.41, 5.74) is 2.21. The van der Waals surface area contributed by atoms with Crippen molar-refractivity contribution in [3.8, 4) is 0 Å². The molecule has 0 atom stereocenters. The average Bonchev–Trinajstić information content (AvgIpc) is 1.68. The highest BCUT2D eigenvalue weighted by atomic mass is 15.7. The van der Waals surface area contributed by atoms with Crippen LogP contribution in [0.2, 0.25) is 0 Å². The predicted molar refractivity (Wildman–Crippen MR) is 28.4 cm³/mol. The van der Waals surface area contributed by atoms with Crippen LogP contribution in [0.4, 0.5) is 0 Å². The monoisotopic (exact) mass is 102 g/mol. The van der Waals surface area contributed by atoms with Crippen LogP contribution in [0.1, 0.15) is 0 Å². The minimum atomic E-state index is 0.538. The first-order valence-corrected chi connectivity index (χ1v) is 1.90. The van der Waals surface area contributed by atoms with E-state index in [-0.39, 0.29) is 0 Å². The summed E-state index contributed by atoms with van der Waals surface area (Å²) in [5, 5.41) is 1.22. The molecule has 42 valence electrons. The summed E-state index contributed by atoms with van der Waals surface area (Å²) in [6, 6.07) is 0. The summed E-state index contributed by atoms with van der Waals surface area (Å²) in [5.74, 6) is 9.97. The second-order valence-electron chi connectivity index (χ2n) is 1.07. The number of nitrogens with zero attached hydrogens (tertiary/aromatic N) is 1. The number of hydrogen-bond donors (Lipinski definition) is 3. The van der Waals surface area contributed by atoms with Crippen LogP contribution < -0.4 is 17.2 Å². The van der Waals surface area contributed by atoms with E-state index in [1.165, 1.54) is 5.12 Å². The first-order chi connectivity index (χ1) is 3.31. The number of rotatable bonds is 3. The van der Waals surface area contributed by atoms with Gasteiger partial charge in [-0.2, -0.15) is 10.7 Å². The molecule has 4 heteroatoms. The zero-order valence-electron chi connectivity index (χ0n) is 4.09. The quantitative estimate of drug-likeness (QED) is 0.236. The van der Waals surface area contributed by atoms with Gasteiger partial charge in [-0.3, -0.25) is 11.7 Å². The van der Waals surface area contributed by atoms with Gasteiger partial charge in [0.1, 0.15) is 0 Å². The standard InChI is InChI=1S/C3H10N4/c1-2-3-7(5)6-4/h2,6H,1,3-5H2. The first-order valence-electron chi connectivity index (χ1n) is 1.90. The highest BCUT2D eigenvalue weighted by Gasteiger charge is 1.83. The highest BCUT2D eigenvalue weighted by Crippen LogP contribution is 1.63. The lowest BCUT2D eigenvalue weighted by molar-refractivity contribution is 0.218. The fraction of sp³-hybridized carbons (Fsp3) is 0.333. The van der Waals surface area contributed by atoms with Crippen LogP contribution in [0.25, 0.3) is 0 Å². The van der Waals surface area contributed by atoms with Gasteiger partial charge in [-0.25, -0.2) is 0 Å². The molecule has 0 radical (unpaired) electrons. The average molecular weight is 102 g/mol. The Morgan fingerprint density at radius 1 is 1.86 bits per heavy atom. The predicted octanol–water partition coefficient (Wildman–Crippen LogP) is -1.27. The second-order valence-corrected chi connectivity index (χ2v) is 1.07. The van der Waals surface area contributed by atoms with Gasteiger partial charge in [0.25, 0.3) is 0 Å². The summed E-state index contributed by atoms with van der Waals surface area (Å²) in [6.45, 7) is 3.97. The first kappa shape index (κ1) is 6.58. The van der Waals surface area contributed by atoms with E-state index >= 15 is 0 Å². The third-order valence-electron chi connectivity index (χ3n) is 0.492. The van der Waals surface area contributed by atoms with E-state index in [1.807, 2.05) is 0 Å². The van der Waals surface area contributed by atoms with Crippen LogP contribution in [0, 0.1) is 0 Å². The molecule has 5 N–H and O–H groups in total. The zero-order valence-corrected chi connectivity index (χ0v) is 4.09. The van der Waals surface area contributed by atoms with Gasteiger partial charge in [0, 0.05) is 6.54 Å². The molecule has 0 saturated heterocycles. The van der Waals surface area contributed by atoms with Gasteiger partial charge in [-0.15, -0.1) is 6.58 Å². The molecule has 0 rings (SSSR count). The van der Waals surface area contributed by atoms with Crippen molar-refractivity contribution < 1.29 is 0 Å². The molecule has 0 unspecified atom stereocenters. The summed E-state index contributed by atoms with van der Waals surface area (Å²) >= 11 is 0. The summed E-state index contributed by atoms with van der Waals surface area (Å²) in [7, 11) is 0. The highest BCUT2D eigenvalue weighted by molar-refractivity contribution is 4.67. The maximum absolute atomic E-state index is 5.11. The largest absolute Gasteiger partial charge is 0.256 e. The SMILES string of the molecule is C=CCN(N)NN. The van der Waals surface area contributed by atoms with Gasteiger partial charge in [-0.1, -0.05) is 6.08 Å². The van der Waals surface area contributed by atoms with Crippen LogP contribution in [0.5, 0.6) is 0 Å². The minimum Gasteiger partial charge on any atom is -0.256 e. The topological polar surface area (TPSA) is 67.3 Å². The molecule has 0 aromatic carbocycles. The molecule has 0 spiro atoms. The van der Waals surface area contributed by atoms with Crippen molar-refractivity contribution in [1.29, 1.82) is 0 Å². The van der Waals surface area contributed by atoms with Crippen LogP contribution in [-0.2, 0) is 0 Å². The van der Waals surface area contributed by atoms with E-state index in [9.17, 15) is 0 Å². The number of nitrogens with one attached hydrogen (secondary N) is 1. The fourth-order valence-electron chi connectivity index (χ4n) is 0.192. The molecule has 0 aliphatic carbocycles. The Bertz CT molecular complexity index is 52.9. The Morgan fingerprint density at radius 3 is 2.57 bits per heavy atom. The molecule has 0 amide bonds. The van der Waals surface area contributed by atoms with E-state index in [1.54, 1.807) is 6.08 Å². The summed E-state index contributed by atoms with van der Waals surface area (Å²) in [4.78, 5) is 0. The van der Waals surface area contributed by atoms with Gasteiger partial charge < -0.3 is 0 Å². The van der Waals surface area contributed by atoms with Crippen LogP contribution >= 0.6 is 0 Å². The van der Waals surface area contributed by atoms with Crippen molar-refractivity contribution in [3.63, 3.8) is 0 Å². The molecule has 0 aliphatic rings. The smallest absolute Gasteiger partial charge is 0.0477 e. The van der Waals surface area contributed by atoms with Crippen molar-refractivity contribution in [2.24, 2.45) is 11.7 Å².